The van der Waals surface area contributed by atoms with Crippen LogP contribution in [0.25, 0.3) is 0 Å². The predicted octanol–water partition coefficient (Wildman–Crippen LogP) is 1.66. The molecular formula is C11H13NO2. The predicted molar refractivity (Wildman–Crippen MR) is 53.2 cm³/mol. The first-order valence-electron chi connectivity index (χ1n) is 4.42. The van der Waals surface area contributed by atoms with Crippen LogP contribution >= 0.6 is 0 Å². The van der Waals surface area contributed by atoms with Crippen LogP contribution in [-0.2, 0) is 0 Å². The Balaban J connectivity index is 3.23. The Bertz CT molecular complexity index is 355. The lowest BCUT2D eigenvalue weighted by Gasteiger charge is -2.13. The van der Waals surface area contributed by atoms with E-state index in [2.05, 4.69) is 6.07 Å². The number of hydrogen-bond acceptors (Lipinski definition) is 3. The van der Waals surface area contributed by atoms with Gasteiger partial charge in [-0.15, -0.1) is 0 Å². The average Bonchev–Trinajstić information content (AvgIpc) is 2.26. The number of hydrogen-bond donors (Lipinski definition) is 1. The average molecular weight is 191 g/mol. The van der Waals surface area contributed by atoms with Crippen LogP contribution < -0.4 is 4.74 Å². The van der Waals surface area contributed by atoms with Crippen LogP contribution in [0.2, 0.25) is 0 Å². The fourth-order valence-corrected chi connectivity index (χ4v) is 1.36. The monoisotopic (exact) mass is 191 g/mol. The molecule has 1 rings (SSSR count). The quantitative estimate of drug-likeness (QED) is 0.790. The topological polar surface area (TPSA) is 53.2 Å². The Morgan fingerprint density at radius 3 is 2.79 bits per heavy atom. The van der Waals surface area contributed by atoms with Gasteiger partial charge in [-0.25, -0.2) is 0 Å². The second-order valence-corrected chi connectivity index (χ2v) is 3.12. The molecule has 1 N–H and O–H groups in total. The number of rotatable bonds is 3. The van der Waals surface area contributed by atoms with Gasteiger partial charge in [-0.1, -0.05) is 19.1 Å². The normalized spacial score (nSPS) is 11.9. The number of benzene rings is 1. The van der Waals surface area contributed by atoms with Crippen LogP contribution in [-0.4, -0.2) is 18.8 Å². The highest BCUT2D eigenvalue weighted by atomic mass is 16.5. The molecule has 1 unspecified atom stereocenters. The Kier molecular flexibility index (Phi) is 3.49. The summed E-state index contributed by atoms with van der Waals surface area (Å²) in [7, 11) is 1.53. The van der Waals surface area contributed by atoms with Crippen LogP contribution in [0.1, 0.15) is 24.0 Å². The maximum absolute atomic E-state index is 9.03. The summed E-state index contributed by atoms with van der Waals surface area (Å²) in [6.07, 6.45) is 0. The van der Waals surface area contributed by atoms with Gasteiger partial charge < -0.3 is 9.84 Å². The standard InChI is InChI=1S/C11H13NO2/c1-8(7-13)10-5-3-4-9(6-12)11(10)14-2/h3-5,8,13H,7H2,1-2H3. The summed E-state index contributed by atoms with van der Waals surface area (Å²) in [6, 6.07) is 7.42. The van der Waals surface area contributed by atoms with E-state index in [0.717, 1.165) is 5.56 Å². The Labute approximate surface area is 83.6 Å². The minimum absolute atomic E-state index is 0.0155. The van der Waals surface area contributed by atoms with Crippen molar-refractivity contribution in [2.24, 2.45) is 0 Å². The van der Waals surface area contributed by atoms with Crippen molar-refractivity contribution in [3.63, 3.8) is 0 Å². The molecule has 0 amide bonds. The molecule has 0 fully saturated rings. The van der Waals surface area contributed by atoms with Crippen molar-refractivity contribution in [3.8, 4) is 11.8 Å². The molecule has 0 saturated carbocycles. The van der Waals surface area contributed by atoms with Gasteiger partial charge in [-0.3, -0.25) is 0 Å². The third-order valence-corrected chi connectivity index (χ3v) is 2.17. The summed E-state index contributed by atoms with van der Waals surface area (Å²) in [5, 5.41) is 17.9. The third kappa shape index (κ3) is 1.86. The second-order valence-electron chi connectivity index (χ2n) is 3.12. The van der Waals surface area contributed by atoms with Crippen molar-refractivity contribution < 1.29 is 9.84 Å². The van der Waals surface area contributed by atoms with Crippen molar-refractivity contribution in [2.45, 2.75) is 12.8 Å². The van der Waals surface area contributed by atoms with Gasteiger partial charge in [0.15, 0.2) is 0 Å². The number of para-hydroxylation sites is 1. The molecule has 3 heteroatoms. The van der Waals surface area contributed by atoms with Crippen molar-refractivity contribution in [1.82, 2.24) is 0 Å². The lowest BCUT2D eigenvalue weighted by atomic mass is 9.98. The highest BCUT2D eigenvalue weighted by molar-refractivity contribution is 5.49. The van der Waals surface area contributed by atoms with Crippen molar-refractivity contribution >= 4 is 0 Å². The van der Waals surface area contributed by atoms with Crippen LogP contribution in [0.3, 0.4) is 0 Å². The molecule has 1 aromatic carbocycles. The molecule has 0 spiro atoms. The molecule has 0 heterocycles. The minimum Gasteiger partial charge on any atom is -0.495 e. The Hall–Kier alpha value is -1.53. The molecule has 0 saturated heterocycles. The Morgan fingerprint density at radius 1 is 1.57 bits per heavy atom. The minimum atomic E-state index is -0.0155. The van der Waals surface area contributed by atoms with Crippen molar-refractivity contribution in [2.75, 3.05) is 13.7 Å². The van der Waals surface area contributed by atoms with Crippen molar-refractivity contribution in [1.29, 1.82) is 5.26 Å². The van der Waals surface area contributed by atoms with Gasteiger partial charge in [-0.2, -0.15) is 5.26 Å². The van der Waals surface area contributed by atoms with E-state index in [4.69, 9.17) is 15.1 Å². The zero-order valence-corrected chi connectivity index (χ0v) is 8.32. The first-order valence-corrected chi connectivity index (χ1v) is 4.42. The van der Waals surface area contributed by atoms with Crippen molar-refractivity contribution in [3.05, 3.63) is 29.3 Å². The van der Waals surface area contributed by atoms with Crippen LogP contribution in [0.4, 0.5) is 0 Å². The van der Waals surface area contributed by atoms with Crippen LogP contribution in [0, 0.1) is 11.3 Å². The van der Waals surface area contributed by atoms with Gasteiger partial charge in [0, 0.05) is 18.1 Å². The number of methoxy groups -OCH3 is 1. The van der Waals surface area contributed by atoms with E-state index in [1.54, 1.807) is 12.1 Å². The molecule has 1 aromatic rings. The highest BCUT2D eigenvalue weighted by Gasteiger charge is 2.13. The van der Waals surface area contributed by atoms with Gasteiger partial charge in [0.2, 0.25) is 0 Å². The third-order valence-electron chi connectivity index (χ3n) is 2.17. The molecule has 0 bridgehead atoms. The number of ether oxygens (including phenoxy) is 1. The number of aliphatic hydroxyl groups excluding tert-OH is 1. The summed E-state index contributed by atoms with van der Waals surface area (Å²) in [6.45, 7) is 1.93. The fourth-order valence-electron chi connectivity index (χ4n) is 1.36. The molecule has 3 nitrogen and oxygen atoms in total. The molecule has 0 aliphatic rings. The van der Waals surface area contributed by atoms with Gasteiger partial charge >= 0.3 is 0 Å². The number of nitrogens with zero attached hydrogens (tertiary/aromatic N) is 1. The first kappa shape index (κ1) is 10.6. The molecule has 0 aromatic heterocycles. The maximum Gasteiger partial charge on any atom is 0.140 e. The molecule has 0 aliphatic carbocycles. The summed E-state index contributed by atoms with van der Waals surface area (Å²) < 4.78 is 5.16. The molecule has 14 heavy (non-hydrogen) atoms. The first-order chi connectivity index (χ1) is 6.74. The van der Waals surface area contributed by atoms with E-state index in [9.17, 15) is 0 Å². The van der Waals surface area contributed by atoms with E-state index in [1.807, 2.05) is 13.0 Å². The lowest BCUT2D eigenvalue weighted by Crippen LogP contribution is -2.03. The molecular weight excluding hydrogens is 178 g/mol. The smallest absolute Gasteiger partial charge is 0.140 e. The molecule has 1 atom stereocenters. The van der Waals surface area contributed by atoms with Gasteiger partial charge in [0.05, 0.1) is 12.7 Å². The van der Waals surface area contributed by atoms with Crippen LogP contribution in [0.15, 0.2) is 18.2 Å². The van der Waals surface area contributed by atoms with E-state index >= 15 is 0 Å². The molecule has 0 aliphatic heterocycles. The summed E-state index contributed by atoms with van der Waals surface area (Å²) in [5.74, 6) is 0.551. The van der Waals surface area contributed by atoms with Gasteiger partial charge in [0.25, 0.3) is 0 Å². The SMILES string of the molecule is COc1c(C#N)cccc1C(C)CO. The maximum atomic E-state index is 9.03. The second kappa shape index (κ2) is 4.64. The summed E-state index contributed by atoms with van der Waals surface area (Å²) in [4.78, 5) is 0. The summed E-state index contributed by atoms with van der Waals surface area (Å²) >= 11 is 0. The zero-order valence-electron chi connectivity index (χ0n) is 8.32. The number of nitriles is 1. The van der Waals surface area contributed by atoms with E-state index in [-0.39, 0.29) is 12.5 Å². The zero-order chi connectivity index (χ0) is 10.6. The molecule has 74 valence electrons. The van der Waals surface area contributed by atoms with E-state index in [1.165, 1.54) is 7.11 Å². The van der Waals surface area contributed by atoms with E-state index < -0.39 is 0 Å². The lowest BCUT2D eigenvalue weighted by molar-refractivity contribution is 0.269. The van der Waals surface area contributed by atoms with E-state index in [0.29, 0.717) is 11.3 Å². The largest absolute Gasteiger partial charge is 0.495 e. The van der Waals surface area contributed by atoms with Gasteiger partial charge in [-0.05, 0) is 6.07 Å². The number of aliphatic hydroxyl groups is 1. The summed E-state index contributed by atoms with van der Waals surface area (Å²) in [5.41, 5.74) is 1.37. The fraction of sp³-hybridized carbons (Fsp3) is 0.364. The highest BCUT2D eigenvalue weighted by Crippen LogP contribution is 2.29. The van der Waals surface area contributed by atoms with Gasteiger partial charge in [0.1, 0.15) is 11.8 Å². The van der Waals surface area contributed by atoms with Crippen LogP contribution in [0.5, 0.6) is 5.75 Å². The molecule has 0 radical (unpaired) electrons. The Morgan fingerprint density at radius 2 is 2.29 bits per heavy atom.